The Morgan fingerprint density at radius 1 is 1.41 bits per heavy atom. The Labute approximate surface area is 142 Å². The van der Waals surface area contributed by atoms with Gasteiger partial charge in [0.15, 0.2) is 0 Å². The number of hydrogen-bond donors (Lipinski definition) is 1. The van der Waals surface area contributed by atoms with Gasteiger partial charge in [-0.05, 0) is 36.1 Å². The molecular formula is C17H25NO2S2. The van der Waals surface area contributed by atoms with Crippen molar-refractivity contribution < 1.29 is 9.53 Å². The van der Waals surface area contributed by atoms with Crippen molar-refractivity contribution in [1.29, 1.82) is 0 Å². The standard InChI is InChI=1S/C17H25NO2S2/c1-4-7-20-15-6-5-13(10-14(15)12(2)3)18-17(19)16-11-21-8-9-22-16/h5-6,10,12,16H,4,7-9,11H2,1-3H3,(H,18,19). The van der Waals surface area contributed by atoms with Gasteiger partial charge in [0.2, 0.25) is 5.91 Å². The maximum Gasteiger partial charge on any atom is 0.238 e. The topological polar surface area (TPSA) is 38.3 Å². The van der Waals surface area contributed by atoms with Crippen LogP contribution in [0.5, 0.6) is 5.75 Å². The van der Waals surface area contributed by atoms with Crippen LogP contribution in [0.25, 0.3) is 0 Å². The molecule has 22 heavy (non-hydrogen) atoms. The van der Waals surface area contributed by atoms with E-state index < -0.39 is 0 Å². The molecule has 2 rings (SSSR count). The van der Waals surface area contributed by atoms with E-state index in [4.69, 9.17) is 4.74 Å². The zero-order valence-electron chi connectivity index (χ0n) is 13.6. The van der Waals surface area contributed by atoms with Crippen LogP contribution in [0, 0.1) is 0 Å². The van der Waals surface area contributed by atoms with Gasteiger partial charge < -0.3 is 10.1 Å². The quantitative estimate of drug-likeness (QED) is 0.834. The minimum absolute atomic E-state index is 0.0669. The van der Waals surface area contributed by atoms with Crippen molar-refractivity contribution in [1.82, 2.24) is 0 Å². The van der Waals surface area contributed by atoms with E-state index in [0.717, 1.165) is 47.3 Å². The lowest BCUT2D eigenvalue weighted by Crippen LogP contribution is -2.30. The normalized spacial score (nSPS) is 18.3. The highest BCUT2D eigenvalue weighted by Crippen LogP contribution is 2.30. The summed E-state index contributed by atoms with van der Waals surface area (Å²) < 4.78 is 5.80. The molecule has 1 heterocycles. The molecule has 122 valence electrons. The number of thioether (sulfide) groups is 2. The zero-order chi connectivity index (χ0) is 15.9. The van der Waals surface area contributed by atoms with Crippen molar-refractivity contribution in [2.45, 2.75) is 38.4 Å². The van der Waals surface area contributed by atoms with Crippen LogP contribution in [0.3, 0.4) is 0 Å². The molecule has 0 saturated carbocycles. The van der Waals surface area contributed by atoms with Gasteiger partial charge in [-0.25, -0.2) is 0 Å². The summed E-state index contributed by atoms with van der Waals surface area (Å²) in [6.45, 7) is 7.12. The van der Waals surface area contributed by atoms with Gasteiger partial charge in [0.1, 0.15) is 5.75 Å². The molecule has 1 aromatic rings. The molecule has 1 atom stereocenters. The van der Waals surface area contributed by atoms with Crippen LogP contribution in [0.2, 0.25) is 0 Å². The van der Waals surface area contributed by atoms with Gasteiger partial charge >= 0.3 is 0 Å². The average Bonchev–Trinajstić information content (AvgIpc) is 2.54. The molecule has 1 fully saturated rings. The van der Waals surface area contributed by atoms with Crippen LogP contribution in [0.15, 0.2) is 18.2 Å². The monoisotopic (exact) mass is 339 g/mol. The van der Waals surface area contributed by atoms with E-state index in [2.05, 4.69) is 26.1 Å². The molecule has 5 heteroatoms. The van der Waals surface area contributed by atoms with Crippen LogP contribution in [-0.2, 0) is 4.79 Å². The Kier molecular flexibility index (Phi) is 6.96. The van der Waals surface area contributed by atoms with Gasteiger partial charge in [-0.3, -0.25) is 4.79 Å². The van der Waals surface area contributed by atoms with Crippen molar-refractivity contribution in [2.24, 2.45) is 0 Å². The van der Waals surface area contributed by atoms with Crippen molar-refractivity contribution in [3.05, 3.63) is 23.8 Å². The molecule has 0 spiro atoms. The molecule has 1 aliphatic rings. The van der Waals surface area contributed by atoms with Gasteiger partial charge in [0.25, 0.3) is 0 Å². The van der Waals surface area contributed by atoms with Crippen LogP contribution >= 0.6 is 23.5 Å². The molecule has 0 aliphatic carbocycles. The highest BCUT2D eigenvalue weighted by atomic mass is 32.2. The van der Waals surface area contributed by atoms with Crippen LogP contribution < -0.4 is 10.1 Å². The average molecular weight is 340 g/mol. The third-order valence-electron chi connectivity index (χ3n) is 3.47. The fourth-order valence-corrected chi connectivity index (χ4v) is 4.84. The summed E-state index contributed by atoms with van der Waals surface area (Å²) in [6, 6.07) is 5.97. The summed E-state index contributed by atoms with van der Waals surface area (Å²) in [4.78, 5) is 12.3. The van der Waals surface area contributed by atoms with E-state index in [1.54, 1.807) is 11.8 Å². The van der Waals surface area contributed by atoms with Gasteiger partial charge in [0.05, 0.1) is 11.9 Å². The third-order valence-corrected chi connectivity index (χ3v) is 6.22. The number of ether oxygens (including phenoxy) is 1. The first-order valence-corrected chi connectivity index (χ1v) is 10.1. The van der Waals surface area contributed by atoms with Crippen LogP contribution in [0.4, 0.5) is 5.69 Å². The van der Waals surface area contributed by atoms with Crippen molar-refractivity contribution in [3.8, 4) is 5.75 Å². The predicted molar refractivity (Wildman–Crippen MR) is 98.5 cm³/mol. The maximum absolute atomic E-state index is 12.3. The first kappa shape index (κ1) is 17.5. The number of carbonyl (C=O) groups excluding carboxylic acids is 1. The SMILES string of the molecule is CCCOc1ccc(NC(=O)C2CSCCS2)cc1C(C)C. The third kappa shape index (κ3) is 4.85. The van der Waals surface area contributed by atoms with E-state index in [1.165, 1.54) is 0 Å². The summed E-state index contributed by atoms with van der Waals surface area (Å²) in [5.74, 6) is 4.53. The Morgan fingerprint density at radius 2 is 2.23 bits per heavy atom. The van der Waals surface area contributed by atoms with Gasteiger partial charge in [0, 0.05) is 22.9 Å². The smallest absolute Gasteiger partial charge is 0.238 e. The molecule has 1 N–H and O–H groups in total. The first-order valence-electron chi connectivity index (χ1n) is 7.88. The minimum atomic E-state index is 0.0669. The number of carbonyl (C=O) groups is 1. The van der Waals surface area contributed by atoms with Crippen molar-refractivity contribution in [3.63, 3.8) is 0 Å². The lowest BCUT2D eigenvalue weighted by atomic mass is 10.0. The summed E-state index contributed by atoms with van der Waals surface area (Å²) in [5, 5.41) is 3.13. The summed E-state index contributed by atoms with van der Waals surface area (Å²) in [6.07, 6.45) is 0.993. The summed E-state index contributed by atoms with van der Waals surface area (Å²) >= 11 is 3.62. The molecule has 1 unspecified atom stereocenters. The van der Waals surface area contributed by atoms with E-state index >= 15 is 0 Å². The van der Waals surface area contributed by atoms with E-state index in [9.17, 15) is 4.79 Å². The number of rotatable bonds is 6. The Balaban J connectivity index is 2.07. The van der Waals surface area contributed by atoms with Crippen LogP contribution in [0.1, 0.15) is 38.7 Å². The number of amides is 1. The highest BCUT2D eigenvalue weighted by molar-refractivity contribution is 8.07. The molecule has 1 aromatic carbocycles. The number of nitrogens with one attached hydrogen (secondary N) is 1. The van der Waals surface area contributed by atoms with Crippen molar-refractivity contribution in [2.75, 3.05) is 29.2 Å². The van der Waals surface area contributed by atoms with Gasteiger partial charge in [-0.1, -0.05) is 20.8 Å². The molecule has 1 aliphatic heterocycles. The Morgan fingerprint density at radius 3 is 2.86 bits per heavy atom. The molecule has 1 saturated heterocycles. The fourth-order valence-electron chi connectivity index (χ4n) is 2.28. The lowest BCUT2D eigenvalue weighted by Gasteiger charge is -2.21. The van der Waals surface area contributed by atoms with Gasteiger partial charge in [-0.15, -0.1) is 11.8 Å². The molecule has 0 bridgehead atoms. The zero-order valence-corrected chi connectivity index (χ0v) is 15.2. The first-order chi connectivity index (χ1) is 10.6. The maximum atomic E-state index is 12.3. The molecule has 3 nitrogen and oxygen atoms in total. The largest absolute Gasteiger partial charge is 0.493 e. The van der Waals surface area contributed by atoms with E-state index in [-0.39, 0.29) is 11.2 Å². The fraction of sp³-hybridized carbons (Fsp3) is 0.588. The molecule has 0 aromatic heterocycles. The highest BCUT2D eigenvalue weighted by Gasteiger charge is 2.22. The lowest BCUT2D eigenvalue weighted by molar-refractivity contribution is -0.115. The second-order valence-electron chi connectivity index (χ2n) is 5.68. The molecule has 1 amide bonds. The van der Waals surface area contributed by atoms with Crippen LogP contribution in [-0.4, -0.2) is 35.0 Å². The van der Waals surface area contributed by atoms with Gasteiger partial charge in [-0.2, -0.15) is 11.8 Å². The summed E-state index contributed by atoms with van der Waals surface area (Å²) in [5.41, 5.74) is 2.02. The predicted octanol–water partition coefficient (Wildman–Crippen LogP) is 4.39. The van der Waals surface area contributed by atoms with E-state index in [1.807, 2.05) is 30.0 Å². The Hall–Kier alpha value is -0.810. The second kappa shape index (κ2) is 8.73. The molecular weight excluding hydrogens is 314 g/mol. The van der Waals surface area contributed by atoms with Crippen molar-refractivity contribution >= 4 is 35.1 Å². The number of hydrogen-bond acceptors (Lipinski definition) is 4. The Bertz CT molecular complexity index is 499. The summed E-state index contributed by atoms with van der Waals surface area (Å²) in [7, 11) is 0. The molecule has 0 radical (unpaired) electrons. The number of anilines is 1. The second-order valence-corrected chi connectivity index (χ2v) is 8.14. The number of benzene rings is 1. The van der Waals surface area contributed by atoms with E-state index in [0.29, 0.717) is 5.92 Å². The minimum Gasteiger partial charge on any atom is -0.493 e.